The summed E-state index contributed by atoms with van der Waals surface area (Å²) in [6, 6.07) is 6.63. The molecule has 2 spiro atoms. The molecule has 2 aliphatic heterocycles. The van der Waals surface area contributed by atoms with Gasteiger partial charge in [0.25, 0.3) is 0 Å². The van der Waals surface area contributed by atoms with Crippen LogP contribution in [0.2, 0.25) is 0 Å². The molecular formula is C29H41NO5. The summed E-state index contributed by atoms with van der Waals surface area (Å²) in [6.07, 6.45) is 10.6. The topological polar surface area (TPSA) is 49.4 Å². The zero-order valence-corrected chi connectivity index (χ0v) is 21.2. The third-order valence-electron chi connectivity index (χ3n) is 10.1. The number of nitrogens with zero attached hydrogens (tertiary/aromatic N) is 1. The molecule has 0 radical (unpaired) electrons. The Balaban J connectivity index is 1.01. The Kier molecular flexibility index (Phi) is 5.90. The number of morpholine rings is 1. The summed E-state index contributed by atoms with van der Waals surface area (Å²) in [5, 5.41) is 0. The van der Waals surface area contributed by atoms with Crippen LogP contribution in [0.3, 0.4) is 0 Å². The van der Waals surface area contributed by atoms with E-state index in [9.17, 15) is 0 Å². The first-order valence-electron chi connectivity index (χ1n) is 14.2. The fourth-order valence-electron chi connectivity index (χ4n) is 8.55. The lowest BCUT2D eigenvalue weighted by atomic mass is 9.53. The smallest absolute Gasteiger partial charge is 0.210 e. The van der Waals surface area contributed by atoms with Crippen molar-refractivity contribution in [3.63, 3.8) is 0 Å². The summed E-state index contributed by atoms with van der Waals surface area (Å²) >= 11 is 0. The maximum absolute atomic E-state index is 7.00. The van der Waals surface area contributed by atoms with Crippen molar-refractivity contribution < 1.29 is 24.0 Å². The van der Waals surface area contributed by atoms with Gasteiger partial charge in [-0.15, -0.1) is 0 Å². The third-order valence-corrected chi connectivity index (χ3v) is 10.1. The van der Waals surface area contributed by atoms with Gasteiger partial charge < -0.3 is 14.2 Å². The van der Waals surface area contributed by atoms with Crippen LogP contribution in [-0.2, 0) is 19.2 Å². The highest BCUT2D eigenvalue weighted by molar-refractivity contribution is 5.37. The highest BCUT2D eigenvalue weighted by atomic mass is 17.3. The average molecular weight is 484 g/mol. The lowest BCUT2D eigenvalue weighted by Crippen LogP contribution is -2.59. The fraction of sp³-hybridized carbons (Fsp3) is 0.793. The monoisotopic (exact) mass is 483 g/mol. The maximum Gasteiger partial charge on any atom is 0.210 e. The molecule has 0 aromatic heterocycles. The van der Waals surface area contributed by atoms with Crippen LogP contribution in [-0.4, -0.2) is 55.9 Å². The van der Waals surface area contributed by atoms with Crippen molar-refractivity contribution in [1.82, 2.24) is 4.90 Å². The van der Waals surface area contributed by atoms with Gasteiger partial charge in [-0.2, -0.15) is 9.78 Å². The second kappa shape index (κ2) is 8.98. The largest absolute Gasteiger partial charge is 0.492 e. The molecule has 7 fully saturated rings. The van der Waals surface area contributed by atoms with E-state index in [-0.39, 0.29) is 0 Å². The zero-order chi connectivity index (χ0) is 23.5. The van der Waals surface area contributed by atoms with Crippen molar-refractivity contribution in [2.24, 2.45) is 23.7 Å². The Labute approximate surface area is 209 Å². The number of ether oxygens (including phenoxy) is 3. The lowest BCUT2D eigenvalue weighted by Gasteiger charge is -2.57. The highest BCUT2D eigenvalue weighted by Crippen LogP contribution is 2.64. The lowest BCUT2D eigenvalue weighted by molar-refractivity contribution is -0.390. The SMILES string of the molecule is Cc1cc(OCCN2CCOCC2)ccc1C1CCC[C@]2(C1)OOC1(O2)C2CC3CC(C2)CC1C3. The van der Waals surface area contributed by atoms with Crippen molar-refractivity contribution >= 4 is 0 Å². The minimum absolute atomic E-state index is 0.432. The van der Waals surface area contributed by atoms with Gasteiger partial charge in [0.2, 0.25) is 11.6 Å². The van der Waals surface area contributed by atoms with E-state index >= 15 is 0 Å². The minimum atomic E-state index is -0.571. The van der Waals surface area contributed by atoms with Crippen LogP contribution in [0.15, 0.2) is 18.2 Å². The molecule has 1 unspecified atom stereocenters. The van der Waals surface area contributed by atoms with Crippen LogP contribution in [0.1, 0.15) is 74.8 Å². The Morgan fingerprint density at radius 2 is 1.77 bits per heavy atom. The molecule has 2 saturated heterocycles. The number of rotatable bonds is 5. The van der Waals surface area contributed by atoms with Gasteiger partial charge in [-0.25, -0.2) is 0 Å². The molecule has 2 atom stereocenters. The quantitative estimate of drug-likeness (QED) is 0.537. The fourth-order valence-corrected chi connectivity index (χ4v) is 8.55. The number of benzene rings is 1. The summed E-state index contributed by atoms with van der Waals surface area (Å²) in [6.45, 7) is 7.56. The van der Waals surface area contributed by atoms with Crippen molar-refractivity contribution in [2.75, 3.05) is 39.5 Å². The molecule has 6 heteroatoms. The Morgan fingerprint density at radius 3 is 2.51 bits per heavy atom. The van der Waals surface area contributed by atoms with E-state index in [1.807, 2.05) is 0 Å². The third kappa shape index (κ3) is 4.14. The predicted molar refractivity (Wildman–Crippen MR) is 131 cm³/mol. The van der Waals surface area contributed by atoms with Crippen LogP contribution in [0.25, 0.3) is 0 Å². The summed E-state index contributed by atoms with van der Waals surface area (Å²) in [5.74, 6) is 3.19. The molecule has 1 aromatic carbocycles. The molecule has 2 heterocycles. The van der Waals surface area contributed by atoms with Crippen molar-refractivity contribution in [1.29, 1.82) is 0 Å². The molecule has 6 nitrogen and oxygen atoms in total. The van der Waals surface area contributed by atoms with Crippen LogP contribution >= 0.6 is 0 Å². The zero-order valence-electron chi connectivity index (χ0n) is 21.2. The molecule has 4 bridgehead atoms. The van der Waals surface area contributed by atoms with Gasteiger partial charge in [-0.1, -0.05) is 6.07 Å². The van der Waals surface area contributed by atoms with E-state index in [4.69, 9.17) is 24.0 Å². The molecule has 35 heavy (non-hydrogen) atoms. The molecule has 192 valence electrons. The summed E-state index contributed by atoms with van der Waals surface area (Å²) in [5.41, 5.74) is 2.71. The maximum atomic E-state index is 7.00. The van der Waals surface area contributed by atoms with Crippen molar-refractivity contribution in [2.45, 2.75) is 82.2 Å². The van der Waals surface area contributed by atoms with E-state index < -0.39 is 11.6 Å². The Morgan fingerprint density at radius 1 is 1.00 bits per heavy atom. The normalized spacial score (nSPS) is 42.8. The van der Waals surface area contributed by atoms with E-state index in [0.29, 0.717) is 17.8 Å². The summed E-state index contributed by atoms with van der Waals surface area (Å²) in [4.78, 5) is 14.9. The van der Waals surface area contributed by atoms with Gasteiger partial charge in [-0.05, 0) is 92.9 Å². The van der Waals surface area contributed by atoms with Crippen molar-refractivity contribution in [3.8, 4) is 5.75 Å². The van der Waals surface area contributed by atoms with Gasteiger partial charge in [0.05, 0.1) is 13.2 Å². The standard InChI is InChI=1S/C29H41NO5/c1-20-13-26(32-12-9-30-7-10-31-11-8-30)4-5-27(20)23-3-2-6-28(19-23)33-29(35-34-28)24-15-21-14-22(17-24)18-25(29)16-21/h4-5,13,21-25H,2-3,6-12,14-19H2,1H3/t21?,22?,23?,24?,25?,28-,29?/m1/s1. The molecule has 5 aliphatic carbocycles. The summed E-state index contributed by atoms with van der Waals surface area (Å²) < 4.78 is 18.5. The summed E-state index contributed by atoms with van der Waals surface area (Å²) in [7, 11) is 0. The first-order chi connectivity index (χ1) is 17.1. The van der Waals surface area contributed by atoms with Gasteiger partial charge in [0.15, 0.2) is 0 Å². The van der Waals surface area contributed by atoms with Crippen LogP contribution in [0.5, 0.6) is 5.75 Å². The minimum Gasteiger partial charge on any atom is -0.492 e. The average Bonchev–Trinajstić information content (AvgIpc) is 3.22. The van der Waals surface area contributed by atoms with E-state index in [1.165, 1.54) is 49.7 Å². The second-order valence-electron chi connectivity index (χ2n) is 12.3. The predicted octanol–water partition coefficient (Wildman–Crippen LogP) is 5.19. The van der Waals surface area contributed by atoms with Crippen LogP contribution in [0, 0.1) is 30.6 Å². The molecule has 1 aromatic rings. The Bertz CT molecular complexity index is 902. The van der Waals surface area contributed by atoms with Gasteiger partial charge in [0.1, 0.15) is 12.4 Å². The Hall–Kier alpha value is -1.18. The van der Waals surface area contributed by atoms with E-state index in [0.717, 1.165) is 76.3 Å². The molecule has 0 amide bonds. The number of hydrogen-bond acceptors (Lipinski definition) is 6. The second-order valence-corrected chi connectivity index (χ2v) is 12.3. The van der Waals surface area contributed by atoms with E-state index in [2.05, 4.69) is 30.0 Å². The number of hydrogen-bond donors (Lipinski definition) is 0. The first kappa shape index (κ1) is 23.0. The number of aryl methyl sites for hydroxylation is 1. The molecule has 0 N–H and O–H groups in total. The molecule has 5 saturated carbocycles. The van der Waals surface area contributed by atoms with Crippen LogP contribution in [0.4, 0.5) is 0 Å². The molecule has 7 aliphatic rings. The van der Waals surface area contributed by atoms with Gasteiger partial charge in [-0.3, -0.25) is 4.90 Å². The van der Waals surface area contributed by atoms with Gasteiger partial charge in [0, 0.05) is 44.3 Å². The van der Waals surface area contributed by atoms with Crippen LogP contribution < -0.4 is 4.74 Å². The highest BCUT2D eigenvalue weighted by Gasteiger charge is 2.67. The molecular weight excluding hydrogens is 442 g/mol. The first-order valence-corrected chi connectivity index (χ1v) is 14.2. The van der Waals surface area contributed by atoms with Gasteiger partial charge >= 0.3 is 0 Å². The van der Waals surface area contributed by atoms with Crippen molar-refractivity contribution in [3.05, 3.63) is 29.3 Å². The molecule has 8 rings (SSSR count). The van der Waals surface area contributed by atoms with E-state index in [1.54, 1.807) is 0 Å².